The molecule has 2 N–H and O–H groups in total. The lowest BCUT2D eigenvalue weighted by atomic mass is 9.57. The highest BCUT2D eigenvalue weighted by Crippen LogP contribution is 2.52. The Morgan fingerprint density at radius 3 is 1.45 bits per heavy atom. The Bertz CT molecular complexity index is 1520. The van der Waals surface area contributed by atoms with E-state index in [1.54, 1.807) is 20.8 Å². The van der Waals surface area contributed by atoms with Crippen LogP contribution in [0.1, 0.15) is 228 Å². The van der Waals surface area contributed by atoms with E-state index >= 15 is 0 Å². The predicted molar refractivity (Wildman–Crippen MR) is 278 cm³/mol. The van der Waals surface area contributed by atoms with E-state index in [9.17, 15) is 28.8 Å². The van der Waals surface area contributed by atoms with Crippen molar-refractivity contribution < 1.29 is 39.0 Å². The summed E-state index contributed by atoms with van der Waals surface area (Å²) in [5.74, 6) is 7.83. The molecule has 0 aromatic rings. The number of ketones is 3. The Morgan fingerprint density at radius 1 is 0.657 bits per heavy atom. The van der Waals surface area contributed by atoms with Crippen molar-refractivity contribution in [3.63, 3.8) is 0 Å². The normalized spacial score (nSPS) is 31.3. The van der Waals surface area contributed by atoms with Gasteiger partial charge in [-0.05, 0) is 169 Å². The minimum Gasteiger partial charge on any atom is -0.481 e. The summed E-state index contributed by atoms with van der Waals surface area (Å²) in [7, 11) is 0. The second-order valence-electron chi connectivity index (χ2n) is 24.6. The topological polar surface area (TPSA) is 146 Å². The third-order valence-electron chi connectivity index (χ3n) is 17.6. The Kier molecular flexibility index (Phi) is 27.8. The quantitative estimate of drug-likeness (QED) is 0.175. The van der Waals surface area contributed by atoms with Gasteiger partial charge >= 0.3 is 11.9 Å². The average Bonchev–Trinajstić information content (AvgIpc) is 3.80. The Balaban J connectivity index is 0.000000778. The van der Waals surface area contributed by atoms with E-state index in [1.165, 1.54) is 0 Å². The molecule has 1 aliphatic heterocycles. The molecule has 1 saturated heterocycles. The van der Waals surface area contributed by atoms with E-state index in [0.29, 0.717) is 70.1 Å². The first-order chi connectivity index (χ1) is 30.4. The molecule has 6 fully saturated rings. The highest BCUT2D eigenvalue weighted by Gasteiger charge is 2.49. The molecule has 0 aromatic heterocycles. The molecule has 9 nitrogen and oxygen atoms in total. The van der Waals surface area contributed by atoms with Crippen LogP contribution >= 0.6 is 0 Å². The monoisotopic (exact) mass is 946 g/mol. The van der Waals surface area contributed by atoms with E-state index in [0.717, 1.165) is 139 Å². The number of carbonyl (C=O) groups is 6. The SMILES string of the molecule is C.CC(=O)C1(C)CC(C(C)C)C1.CC(=O)C1CC(C(C)C)C1.CC(=O)C1CC(C)(C(C)C)C1.CC(C)C1CCCC1C(=O)O.CC(C)CCN1CCCC1=O.CCC1(C(=O)O)CC(C(C)C)C1. The zero-order valence-electron chi connectivity index (χ0n) is 45.8. The maximum atomic E-state index is 11.1. The molecule has 67 heavy (non-hydrogen) atoms. The van der Waals surface area contributed by atoms with Crippen LogP contribution in [0.15, 0.2) is 0 Å². The standard InChI is InChI=1S/C10H18O2.2C10H18O.C9H17NO.C9H16O2.C9H16O.CH4/c1-4-10(9(11)12)5-8(6-10)7(2)3;1-7(2)10(4)5-9(6-10)8(3)11;1-7(2)9-5-10(4,6-9)8(3)11;1-8(2)5-7-10-6-3-4-9(10)11;1-6(2)7-4-3-5-8(7)9(10)11;1-6(2)8-4-9(5-8)7(3)10;/h7-8H,4-6H2,1-3H3,(H,11,12);2*7,9H,5-6H2,1-4H3;8H,3-7H2,1-2H3;6-8H,3-5H2,1-2H3,(H,10,11);6,8-9H,4-5H2,1-3H3;1H4. The van der Waals surface area contributed by atoms with Gasteiger partial charge in [0.25, 0.3) is 0 Å². The molecule has 0 spiro atoms. The number of amides is 1. The molecule has 1 heterocycles. The maximum Gasteiger partial charge on any atom is 0.309 e. The largest absolute Gasteiger partial charge is 0.481 e. The molecular weight excluding hydrogens is 839 g/mol. The summed E-state index contributed by atoms with van der Waals surface area (Å²) >= 11 is 0. The van der Waals surface area contributed by atoms with Gasteiger partial charge < -0.3 is 15.1 Å². The first-order valence-electron chi connectivity index (χ1n) is 26.6. The van der Waals surface area contributed by atoms with Crippen molar-refractivity contribution in [2.45, 2.75) is 228 Å². The summed E-state index contributed by atoms with van der Waals surface area (Å²) in [4.78, 5) is 67.6. The molecular formula is C58H107NO8. The minimum absolute atomic E-state index is 0. The number of carbonyl (C=O) groups excluding carboxylic acids is 4. The lowest BCUT2D eigenvalue weighted by Crippen LogP contribution is -2.45. The molecule has 2 atom stereocenters. The van der Waals surface area contributed by atoms with Crippen molar-refractivity contribution in [3.05, 3.63) is 0 Å². The third-order valence-corrected chi connectivity index (χ3v) is 17.6. The molecule has 0 radical (unpaired) electrons. The Labute approximate surface area is 412 Å². The summed E-state index contributed by atoms with van der Waals surface area (Å²) in [5, 5.41) is 17.8. The zero-order chi connectivity index (χ0) is 51.1. The summed E-state index contributed by atoms with van der Waals surface area (Å²) in [6.45, 7) is 39.9. The van der Waals surface area contributed by atoms with Crippen LogP contribution in [0.5, 0.6) is 0 Å². The summed E-state index contributed by atoms with van der Waals surface area (Å²) < 4.78 is 0. The first kappa shape index (κ1) is 64.4. The van der Waals surface area contributed by atoms with Gasteiger partial charge in [-0.15, -0.1) is 0 Å². The van der Waals surface area contributed by atoms with Crippen LogP contribution in [-0.2, 0) is 28.8 Å². The Hall–Kier alpha value is -2.58. The van der Waals surface area contributed by atoms with Crippen LogP contribution in [0.3, 0.4) is 0 Å². The fraction of sp³-hybridized carbons (Fsp3) is 0.897. The molecule has 0 aromatic carbocycles. The van der Waals surface area contributed by atoms with Crippen LogP contribution in [0, 0.1) is 93.2 Å². The van der Waals surface area contributed by atoms with Crippen LogP contribution < -0.4 is 0 Å². The van der Waals surface area contributed by atoms with Crippen molar-refractivity contribution in [1.29, 1.82) is 0 Å². The number of Topliss-reactive ketones (excluding diaryl/α,β-unsaturated/α-hetero) is 3. The molecule has 6 rings (SSSR count). The molecule has 5 aliphatic carbocycles. The van der Waals surface area contributed by atoms with Crippen molar-refractivity contribution in [1.82, 2.24) is 4.90 Å². The highest BCUT2D eigenvalue weighted by atomic mass is 16.4. The van der Waals surface area contributed by atoms with Gasteiger partial charge in [0.2, 0.25) is 5.91 Å². The number of aliphatic carboxylic acids is 2. The fourth-order valence-electron chi connectivity index (χ4n) is 10.7. The summed E-state index contributed by atoms with van der Waals surface area (Å²) in [6, 6.07) is 0. The van der Waals surface area contributed by atoms with Crippen molar-refractivity contribution in [3.8, 4) is 0 Å². The van der Waals surface area contributed by atoms with E-state index in [2.05, 4.69) is 96.9 Å². The number of hydrogen-bond acceptors (Lipinski definition) is 6. The molecule has 6 aliphatic rings. The van der Waals surface area contributed by atoms with E-state index in [1.807, 2.05) is 11.8 Å². The number of rotatable bonds is 14. The van der Waals surface area contributed by atoms with Gasteiger partial charge in [-0.2, -0.15) is 0 Å². The zero-order valence-corrected chi connectivity index (χ0v) is 45.8. The molecule has 0 bridgehead atoms. The Morgan fingerprint density at radius 2 is 1.13 bits per heavy atom. The van der Waals surface area contributed by atoms with Gasteiger partial charge in [-0.3, -0.25) is 28.8 Å². The van der Waals surface area contributed by atoms with Gasteiger partial charge in [-0.1, -0.05) is 118 Å². The smallest absolute Gasteiger partial charge is 0.309 e. The second kappa shape index (κ2) is 28.9. The number of carboxylic acids is 2. The van der Waals surface area contributed by atoms with E-state index < -0.39 is 11.9 Å². The van der Waals surface area contributed by atoms with Gasteiger partial charge in [0.15, 0.2) is 0 Å². The molecule has 5 saturated carbocycles. The fourth-order valence-corrected chi connectivity index (χ4v) is 10.7. The van der Waals surface area contributed by atoms with Crippen molar-refractivity contribution in [2.75, 3.05) is 13.1 Å². The highest BCUT2D eigenvalue weighted by molar-refractivity contribution is 5.83. The minimum atomic E-state index is -0.596. The number of likely N-dealkylation sites (tertiary alicyclic amines) is 1. The summed E-state index contributed by atoms with van der Waals surface area (Å²) in [5.41, 5.74) is 0.125. The summed E-state index contributed by atoms with van der Waals surface area (Å²) in [6.07, 6.45) is 15.4. The number of nitrogens with zero attached hydrogens (tertiary/aromatic N) is 1. The van der Waals surface area contributed by atoms with E-state index in [4.69, 9.17) is 10.2 Å². The third kappa shape index (κ3) is 20.0. The van der Waals surface area contributed by atoms with Crippen LogP contribution in [0.2, 0.25) is 0 Å². The van der Waals surface area contributed by atoms with Crippen LogP contribution in [0.25, 0.3) is 0 Å². The maximum absolute atomic E-state index is 11.1. The van der Waals surface area contributed by atoms with Gasteiger partial charge in [0.05, 0.1) is 11.3 Å². The lowest BCUT2D eigenvalue weighted by Gasteiger charge is -2.47. The van der Waals surface area contributed by atoms with Crippen LogP contribution in [0.4, 0.5) is 0 Å². The average molecular weight is 946 g/mol. The molecule has 2 unspecified atom stereocenters. The van der Waals surface area contributed by atoms with E-state index in [-0.39, 0.29) is 24.2 Å². The number of hydrogen-bond donors (Lipinski definition) is 2. The van der Waals surface area contributed by atoms with Gasteiger partial charge in [0.1, 0.15) is 17.3 Å². The predicted octanol–water partition coefficient (Wildman–Crippen LogP) is 14.5. The van der Waals surface area contributed by atoms with Gasteiger partial charge in [0, 0.05) is 36.8 Å². The number of carboxylic acid groups (broad SMARTS) is 2. The first-order valence-corrected chi connectivity index (χ1v) is 26.6. The lowest BCUT2D eigenvalue weighted by molar-refractivity contribution is -0.160. The van der Waals surface area contributed by atoms with Crippen molar-refractivity contribution >= 4 is 35.2 Å². The van der Waals surface area contributed by atoms with Crippen molar-refractivity contribution in [2.24, 2.45) is 93.2 Å². The molecule has 1 amide bonds. The molecule has 392 valence electrons. The van der Waals surface area contributed by atoms with Crippen LogP contribution in [-0.4, -0.2) is 63.4 Å². The molecule has 9 heteroatoms. The second-order valence-corrected chi connectivity index (χ2v) is 24.6. The van der Waals surface area contributed by atoms with Gasteiger partial charge in [-0.25, -0.2) is 0 Å².